The molecule has 0 saturated carbocycles. The molecule has 0 saturated heterocycles. The zero-order valence-electron chi connectivity index (χ0n) is 11.4. The second kappa shape index (κ2) is 6.10. The van der Waals surface area contributed by atoms with Crippen molar-refractivity contribution in [1.82, 2.24) is 15.3 Å². The molecule has 1 unspecified atom stereocenters. The standard InChI is InChI=1S/C14H17N3O3/c1-3-11(13-15-6-7-16-13)17-14(19)10-8-9(20-2)4-5-12(10)18/h4-8,11,18H,3H2,1-2H3,(H,15,16)(H,17,19). The molecule has 106 valence electrons. The summed E-state index contributed by atoms with van der Waals surface area (Å²) >= 11 is 0. The Kier molecular flexibility index (Phi) is 4.24. The highest BCUT2D eigenvalue weighted by atomic mass is 16.5. The quantitative estimate of drug-likeness (QED) is 0.779. The van der Waals surface area contributed by atoms with E-state index in [4.69, 9.17) is 4.74 Å². The molecule has 1 aromatic heterocycles. The minimum Gasteiger partial charge on any atom is -0.507 e. The van der Waals surface area contributed by atoms with Crippen LogP contribution in [0, 0.1) is 0 Å². The van der Waals surface area contributed by atoms with Gasteiger partial charge in [0.05, 0.1) is 18.7 Å². The van der Waals surface area contributed by atoms with Gasteiger partial charge < -0.3 is 20.1 Å². The number of imidazole rings is 1. The predicted octanol–water partition coefficient (Wildman–Crippen LogP) is 2.00. The highest BCUT2D eigenvalue weighted by molar-refractivity contribution is 5.97. The van der Waals surface area contributed by atoms with E-state index in [-0.39, 0.29) is 23.3 Å². The maximum atomic E-state index is 12.2. The Bertz CT molecular complexity index is 581. The van der Waals surface area contributed by atoms with E-state index in [0.717, 1.165) is 0 Å². The van der Waals surface area contributed by atoms with Crippen LogP contribution < -0.4 is 10.1 Å². The van der Waals surface area contributed by atoms with Crippen molar-refractivity contribution in [1.29, 1.82) is 0 Å². The summed E-state index contributed by atoms with van der Waals surface area (Å²) in [4.78, 5) is 19.3. The average molecular weight is 275 g/mol. The normalized spacial score (nSPS) is 11.9. The van der Waals surface area contributed by atoms with Crippen LogP contribution in [0.2, 0.25) is 0 Å². The summed E-state index contributed by atoms with van der Waals surface area (Å²) in [5.74, 6) is 0.740. The van der Waals surface area contributed by atoms with Crippen molar-refractivity contribution >= 4 is 5.91 Å². The molecule has 0 aliphatic carbocycles. The lowest BCUT2D eigenvalue weighted by Crippen LogP contribution is -2.29. The number of nitrogens with zero attached hydrogens (tertiary/aromatic N) is 1. The van der Waals surface area contributed by atoms with Crippen molar-refractivity contribution in [3.63, 3.8) is 0 Å². The maximum absolute atomic E-state index is 12.2. The number of carbonyl (C=O) groups excluding carboxylic acids is 1. The second-order valence-electron chi connectivity index (χ2n) is 4.29. The number of rotatable bonds is 5. The molecule has 3 N–H and O–H groups in total. The number of nitrogens with one attached hydrogen (secondary N) is 2. The Labute approximate surface area is 116 Å². The topological polar surface area (TPSA) is 87.2 Å². The van der Waals surface area contributed by atoms with E-state index in [1.807, 2.05) is 6.92 Å². The number of aromatic hydroxyl groups is 1. The molecule has 0 spiro atoms. The van der Waals surface area contributed by atoms with Crippen LogP contribution in [0.1, 0.15) is 35.6 Å². The first-order chi connectivity index (χ1) is 9.65. The molecule has 1 amide bonds. The van der Waals surface area contributed by atoms with Gasteiger partial charge in [-0.3, -0.25) is 4.79 Å². The number of aromatic nitrogens is 2. The molecule has 2 aromatic rings. The van der Waals surface area contributed by atoms with Crippen molar-refractivity contribution < 1.29 is 14.6 Å². The fraction of sp³-hybridized carbons (Fsp3) is 0.286. The first kappa shape index (κ1) is 13.9. The molecule has 0 bridgehead atoms. The highest BCUT2D eigenvalue weighted by Gasteiger charge is 2.18. The number of methoxy groups -OCH3 is 1. The van der Waals surface area contributed by atoms with Crippen molar-refractivity contribution in [2.75, 3.05) is 7.11 Å². The molecule has 1 heterocycles. The molecule has 0 aliphatic heterocycles. The van der Waals surface area contributed by atoms with Gasteiger partial charge >= 0.3 is 0 Å². The van der Waals surface area contributed by atoms with Gasteiger partial charge in [-0.05, 0) is 24.6 Å². The van der Waals surface area contributed by atoms with Gasteiger partial charge in [0.2, 0.25) is 0 Å². The van der Waals surface area contributed by atoms with Crippen molar-refractivity contribution in [3.8, 4) is 11.5 Å². The summed E-state index contributed by atoms with van der Waals surface area (Å²) in [6.07, 6.45) is 4.02. The van der Waals surface area contributed by atoms with E-state index >= 15 is 0 Å². The molecular weight excluding hydrogens is 258 g/mol. The van der Waals surface area contributed by atoms with Gasteiger partial charge in [-0.2, -0.15) is 0 Å². The third-order valence-electron chi connectivity index (χ3n) is 3.01. The fourth-order valence-corrected chi connectivity index (χ4v) is 1.89. The van der Waals surface area contributed by atoms with Crippen LogP contribution in [0.15, 0.2) is 30.6 Å². The lowest BCUT2D eigenvalue weighted by Gasteiger charge is -2.15. The van der Waals surface area contributed by atoms with Gasteiger partial charge in [-0.15, -0.1) is 0 Å². The van der Waals surface area contributed by atoms with Crippen LogP contribution in [-0.4, -0.2) is 28.1 Å². The molecular formula is C14H17N3O3. The Morgan fingerprint density at radius 2 is 2.35 bits per heavy atom. The Balaban J connectivity index is 2.19. The number of ether oxygens (including phenoxy) is 1. The van der Waals surface area contributed by atoms with Gasteiger partial charge in [0.1, 0.15) is 17.3 Å². The van der Waals surface area contributed by atoms with Crippen LogP contribution in [0.3, 0.4) is 0 Å². The summed E-state index contributed by atoms with van der Waals surface area (Å²) in [7, 11) is 1.51. The summed E-state index contributed by atoms with van der Waals surface area (Å²) in [5, 5.41) is 12.6. The third kappa shape index (κ3) is 2.90. The first-order valence-corrected chi connectivity index (χ1v) is 6.32. The van der Waals surface area contributed by atoms with Gasteiger partial charge in [0, 0.05) is 12.4 Å². The number of phenolic OH excluding ortho intramolecular Hbond substituents is 1. The number of benzene rings is 1. The van der Waals surface area contributed by atoms with Crippen LogP contribution >= 0.6 is 0 Å². The number of aromatic amines is 1. The van der Waals surface area contributed by atoms with Crippen LogP contribution in [0.4, 0.5) is 0 Å². The highest BCUT2D eigenvalue weighted by Crippen LogP contribution is 2.23. The monoisotopic (exact) mass is 275 g/mol. The minimum atomic E-state index is -0.371. The lowest BCUT2D eigenvalue weighted by atomic mass is 10.1. The summed E-state index contributed by atoms with van der Waals surface area (Å²) in [5.41, 5.74) is 0.175. The van der Waals surface area contributed by atoms with E-state index in [1.165, 1.54) is 19.2 Å². The number of amides is 1. The van der Waals surface area contributed by atoms with Crippen molar-refractivity contribution in [3.05, 3.63) is 42.0 Å². The van der Waals surface area contributed by atoms with Crippen LogP contribution in [-0.2, 0) is 0 Å². The zero-order valence-corrected chi connectivity index (χ0v) is 11.4. The summed E-state index contributed by atoms with van der Waals surface area (Å²) in [6.45, 7) is 1.94. The number of H-pyrrole nitrogens is 1. The smallest absolute Gasteiger partial charge is 0.255 e. The minimum absolute atomic E-state index is 0.0856. The predicted molar refractivity (Wildman–Crippen MR) is 73.7 cm³/mol. The van der Waals surface area contributed by atoms with E-state index in [2.05, 4.69) is 15.3 Å². The Morgan fingerprint density at radius 3 is 2.95 bits per heavy atom. The van der Waals surface area contributed by atoms with Crippen molar-refractivity contribution in [2.45, 2.75) is 19.4 Å². The number of phenols is 1. The molecule has 1 atom stereocenters. The molecule has 0 aliphatic rings. The molecule has 6 nitrogen and oxygen atoms in total. The van der Waals surface area contributed by atoms with Crippen LogP contribution in [0.25, 0.3) is 0 Å². The van der Waals surface area contributed by atoms with Crippen LogP contribution in [0.5, 0.6) is 11.5 Å². The molecule has 2 rings (SSSR count). The van der Waals surface area contributed by atoms with E-state index < -0.39 is 0 Å². The molecule has 1 aromatic carbocycles. The number of carbonyl (C=O) groups is 1. The van der Waals surface area contributed by atoms with E-state index in [9.17, 15) is 9.90 Å². The van der Waals surface area contributed by atoms with E-state index in [1.54, 1.807) is 18.5 Å². The first-order valence-electron chi connectivity index (χ1n) is 6.32. The van der Waals surface area contributed by atoms with Gasteiger partial charge in [-0.1, -0.05) is 6.92 Å². The number of hydrogen-bond donors (Lipinski definition) is 3. The third-order valence-corrected chi connectivity index (χ3v) is 3.01. The molecule has 0 fully saturated rings. The largest absolute Gasteiger partial charge is 0.507 e. The fourth-order valence-electron chi connectivity index (χ4n) is 1.89. The Hall–Kier alpha value is -2.50. The van der Waals surface area contributed by atoms with E-state index in [0.29, 0.717) is 18.0 Å². The van der Waals surface area contributed by atoms with Gasteiger partial charge in [0.25, 0.3) is 5.91 Å². The zero-order chi connectivity index (χ0) is 14.5. The average Bonchev–Trinajstić information content (AvgIpc) is 2.99. The van der Waals surface area contributed by atoms with Gasteiger partial charge in [0.15, 0.2) is 0 Å². The molecule has 20 heavy (non-hydrogen) atoms. The SMILES string of the molecule is CCC(NC(=O)c1cc(OC)ccc1O)c1ncc[nH]1. The second-order valence-corrected chi connectivity index (χ2v) is 4.29. The molecule has 0 radical (unpaired) electrons. The van der Waals surface area contributed by atoms with Gasteiger partial charge in [-0.25, -0.2) is 4.98 Å². The maximum Gasteiger partial charge on any atom is 0.255 e. The van der Waals surface area contributed by atoms with Crippen molar-refractivity contribution in [2.24, 2.45) is 0 Å². The Morgan fingerprint density at radius 1 is 1.55 bits per heavy atom. The number of hydrogen-bond acceptors (Lipinski definition) is 4. The molecule has 6 heteroatoms. The summed E-state index contributed by atoms with van der Waals surface area (Å²) in [6, 6.07) is 4.29. The lowest BCUT2D eigenvalue weighted by molar-refractivity contribution is 0.0931. The summed E-state index contributed by atoms with van der Waals surface area (Å²) < 4.78 is 5.05.